The molecule has 0 saturated heterocycles. The fourth-order valence-electron chi connectivity index (χ4n) is 1.67. The number of hydrogen-bond acceptors (Lipinski definition) is 2. The lowest BCUT2D eigenvalue weighted by Crippen LogP contribution is -2.29. The summed E-state index contributed by atoms with van der Waals surface area (Å²) >= 11 is 11.5. The van der Waals surface area contributed by atoms with Gasteiger partial charge in [0.2, 0.25) is 0 Å². The van der Waals surface area contributed by atoms with E-state index < -0.39 is 11.7 Å². The Hall–Kier alpha value is -1.91. The summed E-state index contributed by atoms with van der Waals surface area (Å²) in [7, 11) is 0. The van der Waals surface area contributed by atoms with Gasteiger partial charge in [-0.25, -0.2) is 4.39 Å². The molecule has 0 fully saturated rings. The van der Waals surface area contributed by atoms with Gasteiger partial charge in [-0.2, -0.15) is 0 Å². The lowest BCUT2D eigenvalue weighted by Gasteiger charge is -2.06. The van der Waals surface area contributed by atoms with Crippen molar-refractivity contribution in [3.63, 3.8) is 0 Å². The Morgan fingerprint density at radius 1 is 1.05 bits per heavy atom. The summed E-state index contributed by atoms with van der Waals surface area (Å²) in [4.78, 5) is 23.8. The van der Waals surface area contributed by atoms with Gasteiger partial charge in [0.25, 0.3) is 5.91 Å². The van der Waals surface area contributed by atoms with Crippen molar-refractivity contribution in [1.29, 1.82) is 0 Å². The number of nitrogens with one attached hydrogen (secondary N) is 1. The Balaban J connectivity index is 2.00. The van der Waals surface area contributed by atoms with Crippen LogP contribution in [0, 0.1) is 5.82 Å². The third-order valence-corrected chi connectivity index (χ3v) is 3.32. The van der Waals surface area contributed by atoms with Crippen LogP contribution < -0.4 is 5.32 Å². The third kappa shape index (κ3) is 4.03. The topological polar surface area (TPSA) is 46.2 Å². The van der Waals surface area contributed by atoms with Gasteiger partial charge in [0.05, 0.1) is 17.1 Å². The van der Waals surface area contributed by atoms with Crippen LogP contribution in [0.5, 0.6) is 0 Å². The fourth-order valence-corrected chi connectivity index (χ4v) is 2.05. The molecule has 2 rings (SSSR count). The zero-order valence-corrected chi connectivity index (χ0v) is 12.2. The van der Waals surface area contributed by atoms with Crippen LogP contribution >= 0.6 is 23.2 Å². The van der Waals surface area contributed by atoms with Crippen LogP contribution in [-0.4, -0.2) is 18.2 Å². The van der Waals surface area contributed by atoms with Crippen molar-refractivity contribution in [2.45, 2.75) is 0 Å². The standard InChI is InChI=1S/C15H10Cl2FNO2/c16-10-3-1-9(2-4-10)14(20)8-19-15(21)12-6-5-11(18)7-13(12)17/h1-7H,8H2,(H,19,21). The van der Waals surface area contributed by atoms with Gasteiger partial charge >= 0.3 is 0 Å². The Bertz CT molecular complexity index is 687. The van der Waals surface area contributed by atoms with Crippen molar-refractivity contribution in [1.82, 2.24) is 5.32 Å². The number of Topliss-reactive ketones (excluding diaryl/α,β-unsaturated/α-hetero) is 1. The van der Waals surface area contributed by atoms with E-state index in [0.29, 0.717) is 10.6 Å². The van der Waals surface area contributed by atoms with Crippen molar-refractivity contribution in [2.75, 3.05) is 6.54 Å². The van der Waals surface area contributed by atoms with Crippen LogP contribution in [0.1, 0.15) is 20.7 Å². The first-order chi connectivity index (χ1) is 9.97. The van der Waals surface area contributed by atoms with Crippen LogP contribution in [0.15, 0.2) is 42.5 Å². The summed E-state index contributed by atoms with van der Waals surface area (Å²) in [5.41, 5.74) is 0.548. The number of hydrogen-bond donors (Lipinski definition) is 1. The number of carbonyl (C=O) groups is 2. The molecule has 21 heavy (non-hydrogen) atoms. The predicted octanol–water partition coefficient (Wildman–Crippen LogP) is 3.75. The van der Waals surface area contributed by atoms with E-state index in [1.807, 2.05) is 0 Å². The van der Waals surface area contributed by atoms with Crippen molar-refractivity contribution in [2.24, 2.45) is 0 Å². The molecule has 0 unspecified atom stereocenters. The molecule has 0 bridgehead atoms. The Morgan fingerprint density at radius 3 is 2.33 bits per heavy atom. The molecular weight excluding hydrogens is 316 g/mol. The van der Waals surface area contributed by atoms with Crippen molar-refractivity contribution >= 4 is 34.9 Å². The van der Waals surface area contributed by atoms with Crippen LogP contribution in [-0.2, 0) is 0 Å². The summed E-state index contributed by atoms with van der Waals surface area (Å²) in [6.45, 7) is -0.186. The van der Waals surface area contributed by atoms with Gasteiger partial charge in [-0.1, -0.05) is 23.2 Å². The molecule has 0 aliphatic rings. The third-order valence-electron chi connectivity index (χ3n) is 2.75. The highest BCUT2D eigenvalue weighted by Gasteiger charge is 2.13. The highest BCUT2D eigenvalue weighted by atomic mass is 35.5. The highest BCUT2D eigenvalue weighted by Crippen LogP contribution is 2.17. The molecule has 0 aromatic heterocycles. The first kappa shape index (κ1) is 15.5. The highest BCUT2D eigenvalue weighted by molar-refractivity contribution is 6.33. The molecular formula is C15H10Cl2FNO2. The van der Waals surface area contributed by atoms with E-state index in [0.717, 1.165) is 12.1 Å². The largest absolute Gasteiger partial charge is 0.345 e. The molecule has 6 heteroatoms. The average Bonchev–Trinajstić information content (AvgIpc) is 2.45. The normalized spacial score (nSPS) is 10.2. The molecule has 0 heterocycles. The number of ketones is 1. The molecule has 108 valence electrons. The maximum atomic E-state index is 12.9. The van der Waals surface area contributed by atoms with Gasteiger partial charge in [-0.3, -0.25) is 9.59 Å². The first-order valence-corrected chi connectivity index (χ1v) is 6.75. The zero-order chi connectivity index (χ0) is 15.4. The molecule has 0 radical (unpaired) electrons. The summed E-state index contributed by atoms with van der Waals surface area (Å²) in [6.07, 6.45) is 0. The smallest absolute Gasteiger partial charge is 0.253 e. The van der Waals surface area contributed by atoms with Gasteiger partial charge in [0.15, 0.2) is 5.78 Å². The quantitative estimate of drug-likeness (QED) is 0.870. The van der Waals surface area contributed by atoms with Gasteiger partial charge in [0.1, 0.15) is 5.82 Å². The number of benzene rings is 2. The average molecular weight is 326 g/mol. The van der Waals surface area contributed by atoms with Crippen molar-refractivity contribution < 1.29 is 14.0 Å². The Labute approximate surface area is 130 Å². The van der Waals surface area contributed by atoms with E-state index in [4.69, 9.17) is 23.2 Å². The van der Waals surface area contributed by atoms with E-state index in [1.165, 1.54) is 6.07 Å². The van der Waals surface area contributed by atoms with Crippen LogP contribution in [0.3, 0.4) is 0 Å². The van der Waals surface area contributed by atoms with Crippen LogP contribution in [0.25, 0.3) is 0 Å². The van der Waals surface area contributed by atoms with Crippen molar-refractivity contribution in [3.8, 4) is 0 Å². The van der Waals surface area contributed by atoms with Crippen LogP contribution in [0.2, 0.25) is 10.0 Å². The minimum absolute atomic E-state index is 0.00792. The number of halogens is 3. The minimum Gasteiger partial charge on any atom is -0.345 e. The molecule has 0 saturated carbocycles. The molecule has 1 amide bonds. The second-order valence-electron chi connectivity index (χ2n) is 4.24. The molecule has 2 aromatic rings. The maximum Gasteiger partial charge on any atom is 0.253 e. The molecule has 0 aliphatic heterocycles. The number of carbonyl (C=O) groups excluding carboxylic acids is 2. The second-order valence-corrected chi connectivity index (χ2v) is 5.08. The van der Waals surface area contributed by atoms with Gasteiger partial charge in [-0.15, -0.1) is 0 Å². The maximum absolute atomic E-state index is 12.9. The van der Waals surface area contributed by atoms with E-state index >= 15 is 0 Å². The summed E-state index contributed by atoms with van der Waals surface area (Å²) in [5, 5.41) is 2.96. The summed E-state index contributed by atoms with van der Waals surface area (Å²) < 4.78 is 12.9. The van der Waals surface area contributed by atoms with Crippen LogP contribution in [0.4, 0.5) is 4.39 Å². The molecule has 3 nitrogen and oxygen atoms in total. The molecule has 1 N–H and O–H groups in total. The van der Waals surface area contributed by atoms with Gasteiger partial charge in [-0.05, 0) is 42.5 Å². The molecule has 2 aromatic carbocycles. The molecule has 0 atom stereocenters. The molecule has 0 spiro atoms. The number of rotatable bonds is 4. The summed E-state index contributed by atoms with van der Waals surface area (Å²) in [6, 6.07) is 9.75. The molecule has 0 aliphatic carbocycles. The van der Waals surface area contributed by atoms with E-state index in [1.54, 1.807) is 24.3 Å². The SMILES string of the molecule is O=C(CNC(=O)c1ccc(F)cc1Cl)c1ccc(Cl)cc1. The second kappa shape index (κ2) is 6.70. The fraction of sp³-hybridized carbons (Fsp3) is 0.0667. The first-order valence-electron chi connectivity index (χ1n) is 5.99. The Kier molecular flexibility index (Phi) is 4.94. The predicted molar refractivity (Wildman–Crippen MR) is 79.5 cm³/mol. The van der Waals surface area contributed by atoms with Gasteiger partial charge < -0.3 is 5.32 Å². The monoisotopic (exact) mass is 325 g/mol. The lowest BCUT2D eigenvalue weighted by atomic mass is 10.1. The Morgan fingerprint density at radius 2 is 1.71 bits per heavy atom. The zero-order valence-electron chi connectivity index (χ0n) is 10.7. The van der Waals surface area contributed by atoms with E-state index in [2.05, 4.69) is 5.32 Å². The van der Waals surface area contributed by atoms with E-state index in [9.17, 15) is 14.0 Å². The van der Waals surface area contributed by atoms with Crippen molar-refractivity contribution in [3.05, 3.63) is 69.5 Å². The van der Waals surface area contributed by atoms with E-state index in [-0.39, 0.29) is 22.9 Å². The summed E-state index contributed by atoms with van der Waals surface area (Å²) in [5.74, 6) is -1.34. The lowest BCUT2D eigenvalue weighted by molar-refractivity contribution is 0.0904. The van der Waals surface area contributed by atoms with Gasteiger partial charge in [0, 0.05) is 10.6 Å². The minimum atomic E-state index is -0.540. The number of amides is 1.